The second-order valence-electron chi connectivity index (χ2n) is 37.0. The maximum atomic E-state index is 13.4. The lowest BCUT2D eigenvalue weighted by Crippen LogP contribution is -2.45. The van der Waals surface area contributed by atoms with E-state index in [2.05, 4.69) is 62.0 Å². The number of aliphatic hydroxyl groups excluding tert-OH is 4. The number of aromatic nitrogens is 4. The number of likely N-dealkylation sites (N-methyl/N-ethyl adjacent to an activating group) is 1. The zero-order chi connectivity index (χ0) is 109. The molecule has 9 rings (SSSR count). The number of aliphatic hydroxyl groups is 4. The number of pyridine rings is 4. The molecule has 0 bridgehead atoms. The van der Waals surface area contributed by atoms with Crippen LogP contribution in [0.2, 0.25) is 0 Å². The molecule has 1 fully saturated rings. The van der Waals surface area contributed by atoms with Gasteiger partial charge in [0.1, 0.15) is 46.5 Å². The van der Waals surface area contributed by atoms with Gasteiger partial charge in [-0.1, -0.05) is 74.7 Å². The molecular weight excluding hydrogens is 1970 g/mol. The average Bonchev–Trinajstić information content (AvgIpc) is 0.792. The zero-order valence-corrected chi connectivity index (χ0v) is 88.1. The molecule has 0 aliphatic carbocycles. The number of benzene rings is 4. The van der Waals surface area contributed by atoms with Crippen LogP contribution in [0, 0.1) is 83.8 Å². The van der Waals surface area contributed by atoms with E-state index in [0.29, 0.717) is 50.3 Å². The fraction of sp³-hybridized carbons (Fsp3) is 0.505. The number of hydrogen-bond donors (Lipinski definition) is 11. The first-order chi connectivity index (χ1) is 68.8. The highest BCUT2D eigenvalue weighted by molar-refractivity contribution is 7.90. The third-order valence-electron chi connectivity index (χ3n) is 21.9. The van der Waals surface area contributed by atoms with Crippen molar-refractivity contribution in [1.29, 1.82) is 21.0 Å². The van der Waals surface area contributed by atoms with Crippen molar-refractivity contribution in [2.45, 2.75) is 219 Å². The second kappa shape index (κ2) is 56.4. The lowest BCUT2D eigenvalue weighted by atomic mass is 9.81. The summed E-state index contributed by atoms with van der Waals surface area (Å²) >= 11 is 0. The van der Waals surface area contributed by atoms with Crippen molar-refractivity contribution in [3.05, 3.63) is 183 Å². The zero-order valence-electron chi connectivity index (χ0n) is 84.9. The summed E-state index contributed by atoms with van der Waals surface area (Å²) in [7, 11) is -15.1. The Labute approximate surface area is 849 Å². The molecule has 0 spiro atoms. The maximum absolute atomic E-state index is 13.4. The molecule has 0 amide bonds. The van der Waals surface area contributed by atoms with Crippen molar-refractivity contribution in [1.82, 2.24) is 36.7 Å². The Bertz CT molecular complexity index is 6830. The highest BCUT2D eigenvalue weighted by Gasteiger charge is 2.36. The standard InChI is InChI=1S/2C25H35N5O6S.C24H31N5O7S.C23H31N5O6S/c1-17-20(15-26)22(32)30(11-13-36-14-12-31)23(33)21(17)28-27-18-7-9-19(10-8-18)37(34,35)29-25(5,6)16-24(2,3)4;1-17-20(15-26)22(32)30(25(5,6)16-24(2,3)4)23(33)21(17)29-28-18-7-9-19(10-8-18)37(34,35)27-11-13-36-14-12-31;1-3-28(16-19-5-4-12-36-19)37(33,34)20-8-6-18(7-9-20)26-27-22-17(2)21(15-25)23(31)29(24(22)32)10-13-35-14-11-30;1-3-4-5-6-12-28-22(30)20(16-24)17(2)21(23(28)31)27-26-18-7-9-19(10-8-18)35(32,33)25-11-14-34-15-13-29/h7-10,29,31-32H,11-14,16H2,1-6H3;7-10,27,31-32H,11-14,16H2,1-6H3;6-9,19,30-31H,3-5,10-14,16H2,1-2H3;7-10,25,29-30H,3-6,11-15H2,1-2H3. The third kappa shape index (κ3) is 35.1. The largest absolute Gasteiger partial charge is 0.493 e. The summed E-state index contributed by atoms with van der Waals surface area (Å²) < 4.78 is 141. The Morgan fingerprint density at radius 1 is 0.418 bits per heavy atom. The van der Waals surface area contributed by atoms with Crippen LogP contribution >= 0.6 is 0 Å². The maximum Gasteiger partial charge on any atom is 0.281 e. The molecule has 0 radical (unpaired) electrons. The van der Waals surface area contributed by atoms with E-state index in [1.165, 1.54) is 134 Å². The van der Waals surface area contributed by atoms with Crippen LogP contribution in [0.15, 0.2) is 177 Å². The molecule has 1 atom stereocenters. The number of aromatic hydroxyl groups is 4. The van der Waals surface area contributed by atoms with Crippen LogP contribution in [0.4, 0.5) is 45.5 Å². The van der Waals surface area contributed by atoms with Gasteiger partial charge in [-0.2, -0.15) is 45.8 Å². The van der Waals surface area contributed by atoms with Crippen molar-refractivity contribution in [2.24, 2.45) is 51.7 Å². The summed E-state index contributed by atoms with van der Waals surface area (Å²) in [5, 5.41) is 147. The van der Waals surface area contributed by atoms with Crippen LogP contribution in [0.25, 0.3) is 0 Å². The van der Waals surface area contributed by atoms with E-state index >= 15 is 0 Å². The number of ether oxygens (including phenoxy) is 5. The van der Waals surface area contributed by atoms with Crippen LogP contribution in [-0.2, 0) is 89.0 Å². The quantitative estimate of drug-likeness (QED) is 0.0125. The Hall–Kier alpha value is -12.5. The van der Waals surface area contributed by atoms with Crippen molar-refractivity contribution < 1.29 is 98.2 Å². The fourth-order valence-corrected chi connectivity index (χ4v) is 20.5. The monoisotopic (exact) mass is 2100 g/mol. The van der Waals surface area contributed by atoms with E-state index in [1.54, 1.807) is 6.92 Å². The number of sulfonamides is 4. The van der Waals surface area contributed by atoms with E-state index in [0.717, 1.165) is 45.8 Å². The first-order valence-electron chi connectivity index (χ1n) is 46.7. The molecule has 794 valence electrons. The third-order valence-corrected chi connectivity index (χ3v) is 28.5. The van der Waals surface area contributed by atoms with Gasteiger partial charge in [-0.15, -0.1) is 20.5 Å². The smallest absolute Gasteiger partial charge is 0.281 e. The minimum Gasteiger partial charge on any atom is -0.493 e. The minimum absolute atomic E-state index is 0.00692. The van der Waals surface area contributed by atoms with Crippen LogP contribution in [0.5, 0.6) is 23.5 Å². The lowest BCUT2D eigenvalue weighted by Gasteiger charge is -2.35. The SMILES string of the molecule is CCCCCCn1c(O)c(C#N)c(C)c(N=Nc2ccc(S(=O)(=O)NCCOCCO)cc2)c1=O.CCN(CC1CCCO1)S(=O)(=O)c1ccc(N=Nc2c(C)c(C#N)c(O)n(CCOCCO)c2=O)cc1.Cc1c(C#N)c(O)n(C(C)(C)CC(C)(C)C)c(=O)c1N=Nc1ccc(S(=O)(=O)NCCOCCO)cc1.Cc1c(C#N)c(O)n(CCOCCO)c(=O)c1N=Nc1ccc(S(=O)(=O)NC(C)(C)CC(C)(C)C)cc1. The summed E-state index contributed by atoms with van der Waals surface area (Å²) in [6.07, 6.45) is 6.37. The first-order valence-corrected chi connectivity index (χ1v) is 52.6. The molecule has 4 aromatic carbocycles. The van der Waals surface area contributed by atoms with E-state index < -0.39 is 91.0 Å². The van der Waals surface area contributed by atoms with Gasteiger partial charge < -0.3 is 64.5 Å². The summed E-state index contributed by atoms with van der Waals surface area (Å²) in [6, 6.07) is 30.2. The molecular formula is C97H132N20O25S4. The van der Waals surface area contributed by atoms with Crippen molar-refractivity contribution in [3.8, 4) is 47.8 Å². The molecule has 1 aliphatic rings. The molecule has 1 aliphatic heterocycles. The van der Waals surface area contributed by atoms with Crippen LogP contribution < -0.4 is 36.4 Å². The molecule has 49 heteroatoms. The van der Waals surface area contributed by atoms with Crippen LogP contribution in [-0.4, -0.2) is 221 Å². The molecule has 11 N–H and O–H groups in total. The van der Waals surface area contributed by atoms with Gasteiger partial charge in [0.2, 0.25) is 63.6 Å². The first kappa shape index (κ1) is 122. The van der Waals surface area contributed by atoms with Crippen molar-refractivity contribution >= 4 is 85.6 Å². The van der Waals surface area contributed by atoms with Crippen molar-refractivity contribution in [2.75, 3.05) is 112 Å². The second-order valence-corrected chi connectivity index (χ2v) is 44.1. The molecule has 1 saturated heterocycles. The topological polar surface area (TPSA) is 666 Å². The molecule has 146 heavy (non-hydrogen) atoms. The summed E-state index contributed by atoms with van der Waals surface area (Å²) in [4.78, 5) is 52.4. The number of nitrogens with zero attached hydrogens (tertiary/aromatic N) is 17. The van der Waals surface area contributed by atoms with Gasteiger partial charge in [0, 0.05) is 72.7 Å². The van der Waals surface area contributed by atoms with E-state index in [9.17, 15) is 94.3 Å². The van der Waals surface area contributed by atoms with E-state index in [4.69, 9.17) is 44.1 Å². The highest BCUT2D eigenvalue weighted by atomic mass is 32.2. The van der Waals surface area contributed by atoms with Crippen LogP contribution in [0.3, 0.4) is 0 Å². The van der Waals surface area contributed by atoms with Gasteiger partial charge in [-0.3, -0.25) is 37.4 Å². The predicted molar refractivity (Wildman–Crippen MR) is 541 cm³/mol. The Balaban J connectivity index is 0.000000298. The Morgan fingerprint density at radius 3 is 1.05 bits per heavy atom. The number of rotatable bonds is 48. The Morgan fingerprint density at radius 2 is 0.740 bits per heavy atom. The molecule has 45 nitrogen and oxygen atoms in total. The van der Waals surface area contributed by atoms with E-state index in [1.807, 2.05) is 93.5 Å². The van der Waals surface area contributed by atoms with Crippen molar-refractivity contribution in [3.63, 3.8) is 0 Å². The molecule has 0 saturated carbocycles. The number of nitriles is 4. The number of hydrogen-bond acceptors (Lipinski definition) is 37. The van der Waals surface area contributed by atoms with Gasteiger partial charge >= 0.3 is 0 Å². The molecule has 1 unspecified atom stereocenters. The highest BCUT2D eigenvalue weighted by Crippen LogP contribution is 2.39. The number of azo groups is 4. The van der Waals surface area contributed by atoms with Gasteiger partial charge in [0.25, 0.3) is 22.2 Å². The number of nitrogens with one attached hydrogen (secondary N) is 3. The van der Waals surface area contributed by atoms with Crippen LogP contribution in [0.1, 0.15) is 179 Å². The summed E-state index contributed by atoms with van der Waals surface area (Å²) in [6.45, 7) is 30.7. The van der Waals surface area contributed by atoms with Gasteiger partial charge in [-0.05, 0) is 195 Å². The van der Waals surface area contributed by atoms with E-state index in [-0.39, 0.29) is 233 Å². The predicted octanol–water partition coefficient (Wildman–Crippen LogP) is 12.6. The summed E-state index contributed by atoms with van der Waals surface area (Å²) in [5.74, 6) is -1.81. The number of unbranched alkanes of at least 4 members (excludes halogenated alkanes) is 3. The molecule has 5 heterocycles. The molecule has 4 aromatic heterocycles. The minimum atomic E-state index is -3.79. The van der Waals surface area contributed by atoms with Gasteiger partial charge in [0.05, 0.1) is 141 Å². The van der Waals surface area contributed by atoms with Gasteiger partial charge in [-0.25, -0.2) is 47.8 Å². The normalized spacial score (nSPS) is 13.3. The fourth-order valence-electron chi connectivity index (χ4n) is 15.6. The Kier molecular flexibility index (Phi) is 47.2. The lowest BCUT2D eigenvalue weighted by molar-refractivity contribution is 0.0854. The van der Waals surface area contributed by atoms with Gasteiger partial charge in [0.15, 0.2) is 22.7 Å². The average molecular weight is 2110 g/mol. The molecule has 8 aromatic rings. The summed E-state index contributed by atoms with van der Waals surface area (Å²) in [5.41, 5.74) is -3.06.